The number of amides is 2. The lowest BCUT2D eigenvalue weighted by molar-refractivity contribution is -0.148. The van der Waals surface area contributed by atoms with Gasteiger partial charge >= 0.3 is 12.0 Å². The van der Waals surface area contributed by atoms with Gasteiger partial charge in [0.2, 0.25) is 0 Å². The number of rotatable bonds is 7. The molecule has 7 heteroatoms. The number of aliphatic hydroxyl groups excluding tert-OH is 1. The fourth-order valence-electron chi connectivity index (χ4n) is 2.35. The molecule has 0 aliphatic carbocycles. The van der Waals surface area contributed by atoms with E-state index in [2.05, 4.69) is 10.6 Å². The highest BCUT2D eigenvalue weighted by Crippen LogP contribution is 2.19. The van der Waals surface area contributed by atoms with E-state index in [9.17, 15) is 14.7 Å². The van der Waals surface area contributed by atoms with Gasteiger partial charge in [0.25, 0.3) is 0 Å². The number of esters is 1. The molecule has 0 aromatic heterocycles. The van der Waals surface area contributed by atoms with Crippen LogP contribution in [0, 0.1) is 0 Å². The van der Waals surface area contributed by atoms with Crippen LogP contribution in [-0.4, -0.2) is 36.9 Å². The molecule has 7 nitrogen and oxygen atoms in total. The van der Waals surface area contributed by atoms with Gasteiger partial charge in [0.15, 0.2) is 6.04 Å². The van der Waals surface area contributed by atoms with E-state index in [-0.39, 0.29) is 6.61 Å². The molecule has 0 aliphatic rings. The lowest BCUT2D eigenvalue weighted by atomic mass is 10.0. The summed E-state index contributed by atoms with van der Waals surface area (Å²) in [7, 11) is 1.52. The van der Waals surface area contributed by atoms with Crippen molar-refractivity contribution in [1.82, 2.24) is 5.32 Å². The van der Waals surface area contributed by atoms with Crippen LogP contribution in [0.2, 0.25) is 0 Å². The molecule has 138 valence electrons. The first kappa shape index (κ1) is 19.3. The van der Waals surface area contributed by atoms with Crippen molar-refractivity contribution in [3.05, 3.63) is 60.2 Å². The highest BCUT2D eigenvalue weighted by atomic mass is 16.5. The highest BCUT2D eigenvalue weighted by Gasteiger charge is 2.31. The summed E-state index contributed by atoms with van der Waals surface area (Å²) < 4.78 is 10.1. The molecule has 0 bridgehead atoms. The maximum Gasteiger partial charge on any atom is 0.331 e. The molecule has 0 spiro atoms. The van der Waals surface area contributed by atoms with Crippen molar-refractivity contribution in [2.45, 2.75) is 19.1 Å². The Bertz CT molecular complexity index is 736. The fourth-order valence-corrected chi connectivity index (χ4v) is 2.35. The zero-order valence-corrected chi connectivity index (χ0v) is 14.6. The normalized spacial score (nSPS) is 12.6. The fraction of sp³-hybridized carbons (Fsp3) is 0.263. The summed E-state index contributed by atoms with van der Waals surface area (Å²) in [4.78, 5) is 24.5. The van der Waals surface area contributed by atoms with Crippen molar-refractivity contribution >= 4 is 17.7 Å². The second-order valence-corrected chi connectivity index (χ2v) is 5.42. The van der Waals surface area contributed by atoms with Crippen LogP contribution in [0.3, 0.4) is 0 Å². The maximum absolute atomic E-state index is 12.3. The zero-order chi connectivity index (χ0) is 18.9. The number of methoxy groups -OCH3 is 1. The SMILES string of the molecule is CCOC(=O)C(NC(=O)Nc1cccc(OC)c1)C(O)c1ccccc1. The minimum atomic E-state index is -1.25. The molecule has 2 amide bonds. The Labute approximate surface area is 151 Å². The molecule has 0 fully saturated rings. The van der Waals surface area contributed by atoms with Crippen LogP contribution in [0.4, 0.5) is 10.5 Å². The smallest absolute Gasteiger partial charge is 0.331 e. The molecule has 0 aliphatic heterocycles. The lowest BCUT2D eigenvalue weighted by Crippen LogP contribution is -2.47. The highest BCUT2D eigenvalue weighted by molar-refractivity contribution is 5.93. The Morgan fingerprint density at radius 2 is 1.85 bits per heavy atom. The first-order chi connectivity index (χ1) is 12.5. The number of ether oxygens (including phenoxy) is 2. The number of urea groups is 1. The third kappa shape index (κ3) is 5.22. The first-order valence-corrected chi connectivity index (χ1v) is 8.16. The number of benzene rings is 2. The lowest BCUT2D eigenvalue weighted by Gasteiger charge is -2.23. The summed E-state index contributed by atoms with van der Waals surface area (Å²) in [6.45, 7) is 1.79. The third-order valence-corrected chi connectivity index (χ3v) is 3.61. The Hall–Kier alpha value is -3.06. The Morgan fingerprint density at radius 1 is 1.12 bits per heavy atom. The van der Waals surface area contributed by atoms with E-state index in [1.54, 1.807) is 61.5 Å². The average molecular weight is 358 g/mol. The third-order valence-electron chi connectivity index (χ3n) is 3.61. The van der Waals surface area contributed by atoms with Crippen molar-refractivity contribution < 1.29 is 24.2 Å². The van der Waals surface area contributed by atoms with Gasteiger partial charge in [-0.2, -0.15) is 0 Å². The van der Waals surface area contributed by atoms with Crippen molar-refractivity contribution in [2.75, 3.05) is 19.0 Å². The van der Waals surface area contributed by atoms with Crippen molar-refractivity contribution in [1.29, 1.82) is 0 Å². The summed E-state index contributed by atoms with van der Waals surface area (Å²) in [6.07, 6.45) is -1.24. The number of anilines is 1. The minimum absolute atomic E-state index is 0.135. The second kappa shape index (κ2) is 9.43. The van der Waals surface area contributed by atoms with Crippen LogP contribution in [0.15, 0.2) is 54.6 Å². The molecule has 2 aromatic rings. The van der Waals surface area contributed by atoms with E-state index < -0.39 is 24.1 Å². The van der Waals surface area contributed by atoms with Gasteiger partial charge in [-0.1, -0.05) is 36.4 Å². The molecule has 26 heavy (non-hydrogen) atoms. The van der Waals surface area contributed by atoms with Crippen LogP contribution < -0.4 is 15.4 Å². The molecule has 0 saturated heterocycles. The van der Waals surface area contributed by atoms with Crippen LogP contribution >= 0.6 is 0 Å². The second-order valence-electron chi connectivity index (χ2n) is 5.42. The molecule has 0 heterocycles. The summed E-state index contributed by atoms with van der Waals surface area (Å²) in [5.41, 5.74) is 0.978. The van der Waals surface area contributed by atoms with Crippen molar-refractivity contribution in [3.63, 3.8) is 0 Å². The molecule has 3 N–H and O–H groups in total. The van der Waals surface area contributed by atoms with Gasteiger partial charge in [0, 0.05) is 11.8 Å². The van der Waals surface area contributed by atoms with E-state index >= 15 is 0 Å². The van der Waals surface area contributed by atoms with E-state index in [1.807, 2.05) is 0 Å². The van der Waals surface area contributed by atoms with Crippen LogP contribution in [0.25, 0.3) is 0 Å². The topological polar surface area (TPSA) is 96.9 Å². The first-order valence-electron chi connectivity index (χ1n) is 8.16. The van der Waals surface area contributed by atoms with Gasteiger partial charge in [-0.15, -0.1) is 0 Å². The molecule has 0 radical (unpaired) electrons. The minimum Gasteiger partial charge on any atom is -0.497 e. The maximum atomic E-state index is 12.3. The van der Waals surface area contributed by atoms with Crippen molar-refractivity contribution in [2.24, 2.45) is 0 Å². The van der Waals surface area contributed by atoms with E-state index in [4.69, 9.17) is 9.47 Å². The van der Waals surface area contributed by atoms with Gasteiger partial charge in [0.05, 0.1) is 13.7 Å². The van der Waals surface area contributed by atoms with Gasteiger partial charge in [-0.3, -0.25) is 0 Å². The zero-order valence-electron chi connectivity index (χ0n) is 14.6. The Balaban J connectivity index is 2.12. The Morgan fingerprint density at radius 3 is 2.50 bits per heavy atom. The van der Waals surface area contributed by atoms with E-state index in [0.29, 0.717) is 17.0 Å². The number of carbonyl (C=O) groups is 2. The summed E-state index contributed by atoms with van der Waals surface area (Å²) in [6, 6.07) is 13.5. The molecule has 2 unspecified atom stereocenters. The van der Waals surface area contributed by atoms with Gasteiger partial charge in [-0.25, -0.2) is 9.59 Å². The quantitative estimate of drug-likeness (QED) is 0.661. The number of hydrogen-bond donors (Lipinski definition) is 3. The number of hydrogen-bond acceptors (Lipinski definition) is 5. The standard InChI is InChI=1S/C19H22N2O5/c1-3-26-18(23)16(17(22)13-8-5-4-6-9-13)21-19(24)20-14-10-7-11-15(12-14)25-2/h4-12,16-17,22H,3H2,1-2H3,(H2,20,21,24). The summed E-state index contributed by atoms with van der Waals surface area (Å²) in [5.74, 6) is -0.140. The van der Waals surface area contributed by atoms with Gasteiger partial charge < -0.3 is 25.2 Å². The molecule has 2 atom stereocenters. The van der Waals surface area contributed by atoms with E-state index in [1.165, 1.54) is 7.11 Å². The molecule has 2 rings (SSSR count). The van der Waals surface area contributed by atoms with Crippen LogP contribution in [0.1, 0.15) is 18.6 Å². The number of aliphatic hydroxyl groups is 1. The number of nitrogens with one attached hydrogen (secondary N) is 2. The monoisotopic (exact) mass is 358 g/mol. The van der Waals surface area contributed by atoms with Crippen LogP contribution in [-0.2, 0) is 9.53 Å². The predicted molar refractivity (Wildman–Crippen MR) is 97.0 cm³/mol. The molecular weight excluding hydrogens is 336 g/mol. The van der Waals surface area contributed by atoms with Crippen molar-refractivity contribution in [3.8, 4) is 5.75 Å². The van der Waals surface area contributed by atoms with Gasteiger partial charge in [-0.05, 0) is 24.6 Å². The summed E-state index contributed by atoms with van der Waals surface area (Å²) in [5, 5.41) is 15.6. The number of carbonyl (C=O) groups excluding carboxylic acids is 2. The van der Waals surface area contributed by atoms with E-state index in [0.717, 1.165) is 0 Å². The molecule has 2 aromatic carbocycles. The average Bonchev–Trinajstić information content (AvgIpc) is 2.66. The van der Waals surface area contributed by atoms with Gasteiger partial charge in [0.1, 0.15) is 11.9 Å². The largest absolute Gasteiger partial charge is 0.497 e. The predicted octanol–water partition coefficient (Wildman–Crippen LogP) is 2.48. The van der Waals surface area contributed by atoms with Crippen LogP contribution in [0.5, 0.6) is 5.75 Å². The molecular formula is C19H22N2O5. The Kier molecular flexibility index (Phi) is 6.99. The summed E-state index contributed by atoms with van der Waals surface area (Å²) >= 11 is 0. The molecule has 0 saturated carbocycles.